The van der Waals surface area contributed by atoms with E-state index in [0.29, 0.717) is 12.0 Å². The second-order valence-electron chi connectivity index (χ2n) is 7.18. The van der Waals surface area contributed by atoms with Crippen molar-refractivity contribution >= 4 is 11.7 Å². The van der Waals surface area contributed by atoms with Gasteiger partial charge in [0.1, 0.15) is 6.54 Å². The molecule has 0 aromatic carbocycles. The molecule has 3 rings (SSSR count). The molecule has 0 spiro atoms. The lowest BCUT2D eigenvalue weighted by Crippen LogP contribution is -3.15. The summed E-state index contributed by atoms with van der Waals surface area (Å²) in [6.07, 6.45) is 3.12. The molecule has 0 radical (unpaired) electrons. The third-order valence-corrected chi connectivity index (χ3v) is 4.66. The van der Waals surface area contributed by atoms with Crippen molar-refractivity contribution in [2.75, 3.05) is 44.2 Å². The van der Waals surface area contributed by atoms with Crippen molar-refractivity contribution in [2.24, 2.45) is 5.41 Å². The lowest BCUT2D eigenvalue weighted by atomic mass is 9.76. The number of hydrogen-bond donors (Lipinski definition) is 2. The molecule has 1 saturated heterocycles. The van der Waals surface area contributed by atoms with Gasteiger partial charge in [-0.25, -0.2) is 9.97 Å². The van der Waals surface area contributed by atoms with Gasteiger partial charge in [-0.3, -0.25) is 4.79 Å². The van der Waals surface area contributed by atoms with Crippen molar-refractivity contribution in [1.29, 1.82) is 0 Å². The van der Waals surface area contributed by atoms with Gasteiger partial charge in [-0.2, -0.15) is 0 Å². The Bertz CT molecular complexity index is 565. The highest BCUT2D eigenvalue weighted by atomic mass is 16.3. The minimum absolute atomic E-state index is 0.0142. The van der Waals surface area contributed by atoms with Crippen LogP contribution in [0.2, 0.25) is 0 Å². The normalized spacial score (nSPS) is 21.8. The number of carbonyl (C=O) groups excluding carboxylic acids is 1. The zero-order chi connectivity index (χ0) is 15.7. The first kappa shape index (κ1) is 15.4. The fourth-order valence-corrected chi connectivity index (χ4v) is 3.40. The molecule has 2 aliphatic rings. The Morgan fingerprint density at radius 2 is 2.05 bits per heavy atom. The Kier molecular flexibility index (Phi) is 4.14. The monoisotopic (exact) mass is 305 g/mol. The number of Topliss-reactive ketones (excluding diaryl/α,β-unsaturated/α-hetero) is 1. The molecule has 22 heavy (non-hydrogen) atoms. The molecule has 1 aromatic rings. The number of ketones is 1. The summed E-state index contributed by atoms with van der Waals surface area (Å²) >= 11 is 0. The number of nitrogens with zero attached hydrogens (tertiary/aromatic N) is 3. The van der Waals surface area contributed by atoms with E-state index in [9.17, 15) is 4.79 Å². The van der Waals surface area contributed by atoms with Crippen LogP contribution in [-0.4, -0.2) is 60.2 Å². The summed E-state index contributed by atoms with van der Waals surface area (Å²) in [5.74, 6) is 0.905. The number of aliphatic hydroxyl groups excluding tert-OH is 1. The molecular weight excluding hydrogens is 280 g/mol. The summed E-state index contributed by atoms with van der Waals surface area (Å²) in [5.41, 5.74) is 1.59. The Balaban J connectivity index is 1.76. The highest BCUT2D eigenvalue weighted by molar-refractivity contribution is 5.98. The van der Waals surface area contributed by atoms with E-state index in [1.807, 2.05) is 0 Å². The number of carbonyl (C=O) groups is 1. The third-order valence-electron chi connectivity index (χ3n) is 4.66. The van der Waals surface area contributed by atoms with Gasteiger partial charge in [0.05, 0.1) is 44.0 Å². The van der Waals surface area contributed by atoms with Gasteiger partial charge in [0.25, 0.3) is 0 Å². The van der Waals surface area contributed by atoms with E-state index in [-0.39, 0.29) is 17.8 Å². The van der Waals surface area contributed by atoms with Crippen molar-refractivity contribution in [3.63, 3.8) is 0 Å². The van der Waals surface area contributed by atoms with Crippen LogP contribution < -0.4 is 9.80 Å². The molecule has 0 bridgehead atoms. The predicted octanol–water partition coefficient (Wildman–Crippen LogP) is -0.671. The molecule has 1 aromatic heterocycles. The number of piperazine rings is 1. The second kappa shape index (κ2) is 5.93. The minimum atomic E-state index is -0.0142. The molecular formula is C16H25N4O2+. The van der Waals surface area contributed by atoms with Crippen LogP contribution in [0.4, 0.5) is 5.95 Å². The first-order chi connectivity index (χ1) is 10.5. The van der Waals surface area contributed by atoms with Gasteiger partial charge >= 0.3 is 0 Å². The summed E-state index contributed by atoms with van der Waals surface area (Å²) in [4.78, 5) is 24.9. The highest BCUT2D eigenvalue weighted by Crippen LogP contribution is 2.33. The van der Waals surface area contributed by atoms with Gasteiger partial charge in [-0.1, -0.05) is 13.8 Å². The van der Waals surface area contributed by atoms with E-state index in [1.54, 1.807) is 6.20 Å². The van der Waals surface area contributed by atoms with Gasteiger partial charge < -0.3 is 14.9 Å². The average Bonchev–Trinajstić information content (AvgIpc) is 2.46. The molecule has 6 nitrogen and oxygen atoms in total. The molecule has 2 heterocycles. The SMILES string of the molecule is CC1(C)CC(=O)c2cnc(N3CC[NH+](CCO)CC3)nc2C1. The van der Waals surface area contributed by atoms with Crippen LogP contribution in [-0.2, 0) is 6.42 Å². The molecule has 120 valence electrons. The Morgan fingerprint density at radius 1 is 1.32 bits per heavy atom. The summed E-state index contributed by atoms with van der Waals surface area (Å²) in [6, 6.07) is 0. The number of rotatable bonds is 3. The maximum Gasteiger partial charge on any atom is 0.225 e. The molecule has 0 amide bonds. The van der Waals surface area contributed by atoms with Crippen LogP contribution in [0.25, 0.3) is 0 Å². The molecule has 6 heteroatoms. The van der Waals surface area contributed by atoms with Crippen molar-refractivity contribution in [3.05, 3.63) is 17.5 Å². The van der Waals surface area contributed by atoms with Gasteiger partial charge in [0.15, 0.2) is 5.78 Å². The first-order valence-electron chi connectivity index (χ1n) is 8.07. The molecule has 1 aliphatic heterocycles. The van der Waals surface area contributed by atoms with Crippen molar-refractivity contribution in [2.45, 2.75) is 26.7 Å². The van der Waals surface area contributed by atoms with Crippen LogP contribution in [0, 0.1) is 5.41 Å². The van der Waals surface area contributed by atoms with Crippen molar-refractivity contribution in [1.82, 2.24) is 9.97 Å². The van der Waals surface area contributed by atoms with Gasteiger partial charge in [-0.05, 0) is 11.8 Å². The lowest BCUT2D eigenvalue weighted by Gasteiger charge is -2.33. The highest BCUT2D eigenvalue weighted by Gasteiger charge is 2.33. The molecule has 0 atom stereocenters. The van der Waals surface area contributed by atoms with Crippen LogP contribution in [0.3, 0.4) is 0 Å². The number of hydrogen-bond acceptors (Lipinski definition) is 5. The van der Waals surface area contributed by atoms with Gasteiger partial charge in [-0.15, -0.1) is 0 Å². The Hall–Kier alpha value is -1.53. The topological polar surface area (TPSA) is 70.8 Å². The van der Waals surface area contributed by atoms with E-state index in [0.717, 1.165) is 50.8 Å². The largest absolute Gasteiger partial charge is 0.391 e. The number of nitrogens with one attached hydrogen (secondary N) is 1. The average molecular weight is 305 g/mol. The first-order valence-corrected chi connectivity index (χ1v) is 8.07. The Morgan fingerprint density at radius 3 is 2.73 bits per heavy atom. The molecule has 0 saturated carbocycles. The zero-order valence-corrected chi connectivity index (χ0v) is 13.4. The van der Waals surface area contributed by atoms with Crippen LogP contribution in [0.1, 0.15) is 36.3 Å². The molecule has 0 unspecified atom stereocenters. The molecule has 1 aliphatic carbocycles. The smallest absolute Gasteiger partial charge is 0.225 e. The maximum absolute atomic E-state index is 12.2. The number of quaternary nitrogens is 1. The number of anilines is 1. The summed E-state index contributed by atoms with van der Waals surface area (Å²) in [5, 5.41) is 9.02. The zero-order valence-electron chi connectivity index (χ0n) is 13.4. The van der Waals surface area contributed by atoms with E-state index in [2.05, 4.69) is 28.7 Å². The van der Waals surface area contributed by atoms with Crippen LogP contribution in [0.5, 0.6) is 0 Å². The lowest BCUT2D eigenvalue weighted by molar-refractivity contribution is -0.900. The summed E-state index contributed by atoms with van der Waals surface area (Å²) in [7, 11) is 0. The maximum atomic E-state index is 12.2. The minimum Gasteiger partial charge on any atom is -0.391 e. The van der Waals surface area contributed by atoms with E-state index < -0.39 is 0 Å². The standard InChI is InChI=1S/C16H24N4O2/c1-16(2)9-13-12(14(22)10-16)11-17-15(18-13)20-5-3-19(4-6-20)7-8-21/h11,21H,3-10H2,1-2H3/p+1. The number of aromatic nitrogens is 2. The van der Waals surface area contributed by atoms with Gasteiger partial charge in [0, 0.05) is 12.6 Å². The van der Waals surface area contributed by atoms with Crippen molar-refractivity contribution < 1.29 is 14.8 Å². The third kappa shape index (κ3) is 3.13. The predicted molar refractivity (Wildman–Crippen MR) is 83.3 cm³/mol. The summed E-state index contributed by atoms with van der Waals surface area (Å²) in [6.45, 7) is 9.05. The van der Waals surface area contributed by atoms with E-state index in [1.165, 1.54) is 4.90 Å². The summed E-state index contributed by atoms with van der Waals surface area (Å²) < 4.78 is 0. The van der Waals surface area contributed by atoms with E-state index in [4.69, 9.17) is 5.11 Å². The molecule has 2 N–H and O–H groups in total. The van der Waals surface area contributed by atoms with Crippen LogP contribution in [0.15, 0.2) is 6.20 Å². The van der Waals surface area contributed by atoms with Crippen molar-refractivity contribution in [3.8, 4) is 0 Å². The fourth-order valence-electron chi connectivity index (χ4n) is 3.40. The number of aliphatic hydroxyl groups is 1. The fraction of sp³-hybridized carbons (Fsp3) is 0.688. The van der Waals surface area contributed by atoms with Gasteiger partial charge in [0.2, 0.25) is 5.95 Å². The van der Waals surface area contributed by atoms with E-state index >= 15 is 0 Å². The molecule has 1 fully saturated rings. The van der Waals surface area contributed by atoms with Crippen LogP contribution >= 0.6 is 0 Å². The number of fused-ring (bicyclic) bond motifs is 1. The quantitative estimate of drug-likeness (QED) is 0.775. The Labute approximate surface area is 131 Å². The second-order valence-corrected chi connectivity index (χ2v) is 7.18.